The average molecular weight is 374 g/mol. The molecule has 1 aromatic carbocycles. The van der Waals surface area contributed by atoms with Gasteiger partial charge in [-0.05, 0) is 66.5 Å². The van der Waals surface area contributed by atoms with Gasteiger partial charge in [0.05, 0.1) is 3.57 Å². The van der Waals surface area contributed by atoms with Gasteiger partial charge in [-0.3, -0.25) is 4.79 Å². The maximum atomic E-state index is 12.4. The summed E-state index contributed by atoms with van der Waals surface area (Å²) in [5.74, 6) is 0.123. The van der Waals surface area contributed by atoms with E-state index in [9.17, 15) is 9.90 Å². The van der Waals surface area contributed by atoms with Crippen LogP contribution in [0.1, 0.15) is 36.0 Å². The Balaban J connectivity index is 2.08. The Labute approximate surface area is 127 Å². The number of carbonyl (C=O) groups is 1. The van der Waals surface area contributed by atoms with Crippen LogP contribution < -0.4 is 5.73 Å². The smallest absolute Gasteiger partial charge is 0.253 e. The number of aromatic hydroxyl groups is 1. The third kappa shape index (κ3) is 3.39. The largest absolute Gasteiger partial charge is 0.507 e. The highest BCUT2D eigenvalue weighted by Gasteiger charge is 2.25. The van der Waals surface area contributed by atoms with E-state index in [-0.39, 0.29) is 23.7 Å². The second-order valence-corrected chi connectivity index (χ2v) is 6.31. The van der Waals surface area contributed by atoms with Crippen molar-refractivity contribution in [3.05, 3.63) is 27.3 Å². The molecule has 0 atom stereocenters. The van der Waals surface area contributed by atoms with Crippen LogP contribution in [0.25, 0.3) is 0 Å². The molecular formula is C14H19IN2O2. The first-order valence-electron chi connectivity index (χ1n) is 6.50. The van der Waals surface area contributed by atoms with E-state index in [0.717, 1.165) is 29.3 Å². The molecule has 0 heterocycles. The van der Waals surface area contributed by atoms with Crippen molar-refractivity contribution >= 4 is 28.5 Å². The number of phenolic OH excluding ortho intramolecular Hbond substituents is 1. The number of rotatable bonds is 2. The van der Waals surface area contributed by atoms with Crippen LogP contribution in [0.4, 0.5) is 0 Å². The van der Waals surface area contributed by atoms with Crippen molar-refractivity contribution in [3.63, 3.8) is 0 Å². The monoisotopic (exact) mass is 374 g/mol. The molecule has 2 rings (SSSR count). The standard InChI is InChI=1S/C14H19IN2O2/c1-17(11-5-3-10(16)4-6-11)14(19)9-2-7-12(15)13(18)8-9/h2,7-8,10-11,18H,3-6,16H2,1H3. The summed E-state index contributed by atoms with van der Waals surface area (Å²) in [5, 5.41) is 9.68. The summed E-state index contributed by atoms with van der Waals surface area (Å²) >= 11 is 2.04. The topological polar surface area (TPSA) is 66.6 Å². The number of hydrogen-bond acceptors (Lipinski definition) is 3. The molecule has 19 heavy (non-hydrogen) atoms. The maximum absolute atomic E-state index is 12.4. The molecular weight excluding hydrogens is 355 g/mol. The molecule has 1 aliphatic carbocycles. The van der Waals surface area contributed by atoms with E-state index >= 15 is 0 Å². The normalized spacial score (nSPS) is 23.1. The fourth-order valence-corrected chi connectivity index (χ4v) is 2.84. The van der Waals surface area contributed by atoms with Crippen LogP contribution in [0, 0.1) is 3.57 Å². The predicted octanol–water partition coefficient (Wildman–Crippen LogP) is 2.34. The Morgan fingerprint density at radius 3 is 2.58 bits per heavy atom. The summed E-state index contributed by atoms with van der Waals surface area (Å²) in [4.78, 5) is 14.2. The van der Waals surface area contributed by atoms with Gasteiger partial charge in [0.1, 0.15) is 5.75 Å². The van der Waals surface area contributed by atoms with Crippen molar-refractivity contribution in [1.29, 1.82) is 0 Å². The van der Waals surface area contributed by atoms with Crippen LogP contribution in [0.3, 0.4) is 0 Å². The molecule has 1 saturated carbocycles. The number of nitrogens with two attached hydrogens (primary N) is 1. The zero-order chi connectivity index (χ0) is 14.0. The zero-order valence-electron chi connectivity index (χ0n) is 11.0. The summed E-state index contributed by atoms with van der Waals surface area (Å²) in [6.45, 7) is 0. The van der Waals surface area contributed by atoms with E-state index in [4.69, 9.17) is 5.73 Å². The molecule has 1 aromatic rings. The highest BCUT2D eigenvalue weighted by atomic mass is 127. The number of benzene rings is 1. The van der Waals surface area contributed by atoms with E-state index in [1.54, 1.807) is 17.0 Å². The molecule has 1 fully saturated rings. The lowest BCUT2D eigenvalue weighted by atomic mass is 9.90. The first-order chi connectivity index (χ1) is 8.99. The third-order valence-electron chi connectivity index (χ3n) is 3.80. The number of halogens is 1. The molecule has 0 unspecified atom stereocenters. The van der Waals surface area contributed by atoms with E-state index in [1.165, 1.54) is 6.07 Å². The minimum absolute atomic E-state index is 0.0350. The van der Waals surface area contributed by atoms with E-state index in [0.29, 0.717) is 5.56 Å². The van der Waals surface area contributed by atoms with Gasteiger partial charge < -0.3 is 15.7 Å². The van der Waals surface area contributed by atoms with Crippen molar-refractivity contribution in [2.24, 2.45) is 5.73 Å². The Bertz CT molecular complexity index is 471. The number of amides is 1. The molecule has 104 valence electrons. The third-order valence-corrected chi connectivity index (χ3v) is 4.71. The van der Waals surface area contributed by atoms with Crippen LogP contribution in [0.15, 0.2) is 18.2 Å². The van der Waals surface area contributed by atoms with Gasteiger partial charge in [0.2, 0.25) is 0 Å². The Hall–Kier alpha value is -0.820. The van der Waals surface area contributed by atoms with Gasteiger partial charge in [0.15, 0.2) is 0 Å². The lowest BCUT2D eigenvalue weighted by Gasteiger charge is -2.33. The molecule has 1 aliphatic rings. The van der Waals surface area contributed by atoms with Crippen LogP contribution in [-0.4, -0.2) is 35.0 Å². The maximum Gasteiger partial charge on any atom is 0.253 e. The van der Waals surface area contributed by atoms with Crippen molar-refractivity contribution in [2.75, 3.05) is 7.05 Å². The van der Waals surface area contributed by atoms with Crippen LogP contribution in [-0.2, 0) is 0 Å². The van der Waals surface area contributed by atoms with Gasteiger partial charge in [0, 0.05) is 24.7 Å². The minimum atomic E-state index is -0.0350. The van der Waals surface area contributed by atoms with E-state index in [1.807, 2.05) is 29.6 Å². The first kappa shape index (κ1) is 14.6. The zero-order valence-corrected chi connectivity index (χ0v) is 13.1. The number of hydrogen-bond donors (Lipinski definition) is 2. The average Bonchev–Trinajstić information content (AvgIpc) is 2.41. The fraction of sp³-hybridized carbons (Fsp3) is 0.500. The number of phenols is 1. The van der Waals surface area contributed by atoms with Crippen molar-refractivity contribution < 1.29 is 9.90 Å². The molecule has 0 aromatic heterocycles. The molecule has 1 amide bonds. The molecule has 0 saturated heterocycles. The highest BCUT2D eigenvalue weighted by Crippen LogP contribution is 2.25. The lowest BCUT2D eigenvalue weighted by Crippen LogP contribution is -2.41. The summed E-state index contributed by atoms with van der Waals surface area (Å²) in [6.07, 6.45) is 3.86. The lowest BCUT2D eigenvalue weighted by molar-refractivity contribution is 0.0689. The van der Waals surface area contributed by atoms with Crippen molar-refractivity contribution in [3.8, 4) is 5.75 Å². The Morgan fingerprint density at radius 2 is 2.00 bits per heavy atom. The van der Waals surface area contributed by atoms with Crippen molar-refractivity contribution in [1.82, 2.24) is 4.90 Å². The fourth-order valence-electron chi connectivity index (χ4n) is 2.50. The predicted molar refractivity (Wildman–Crippen MR) is 83.1 cm³/mol. The van der Waals surface area contributed by atoms with Gasteiger partial charge >= 0.3 is 0 Å². The van der Waals surface area contributed by atoms with Gasteiger partial charge in [-0.25, -0.2) is 0 Å². The molecule has 0 aliphatic heterocycles. The highest BCUT2D eigenvalue weighted by molar-refractivity contribution is 14.1. The molecule has 0 bridgehead atoms. The molecule has 0 spiro atoms. The SMILES string of the molecule is CN(C(=O)c1ccc(I)c(O)c1)C1CCC(N)CC1. The van der Waals surface area contributed by atoms with Gasteiger partial charge in [-0.1, -0.05) is 0 Å². The van der Waals surface area contributed by atoms with Gasteiger partial charge in [-0.2, -0.15) is 0 Å². The second-order valence-electron chi connectivity index (χ2n) is 5.15. The first-order valence-corrected chi connectivity index (χ1v) is 7.58. The summed E-state index contributed by atoms with van der Waals surface area (Å²) in [5.41, 5.74) is 6.42. The van der Waals surface area contributed by atoms with E-state index < -0.39 is 0 Å². The molecule has 3 N–H and O–H groups in total. The summed E-state index contributed by atoms with van der Waals surface area (Å²) < 4.78 is 0.750. The summed E-state index contributed by atoms with van der Waals surface area (Å²) in [7, 11) is 1.83. The summed E-state index contributed by atoms with van der Waals surface area (Å²) in [6, 6.07) is 5.59. The van der Waals surface area contributed by atoms with Crippen LogP contribution in [0.5, 0.6) is 5.75 Å². The van der Waals surface area contributed by atoms with Crippen LogP contribution in [0.2, 0.25) is 0 Å². The number of nitrogens with zero attached hydrogens (tertiary/aromatic N) is 1. The molecule has 0 radical (unpaired) electrons. The minimum Gasteiger partial charge on any atom is -0.507 e. The quantitative estimate of drug-likeness (QED) is 0.781. The van der Waals surface area contributed by atoms with Crippen molar-refractivity contribution in [2.45, 2.75) is 37.8 Å². The van der Waals surface area contributed by atoms with Gasteiger partial charge in [-0.15, -0.1) is 0 Å². The van der Waals surface area contributed by atoms with E-state index in [2.05, 4.69) is 0 Å². The molecule has 5 heteroatoms. The second kappa shape index (κ2) is 6.09. The number of carbonyl (C=O) groups excluding carboxylic acids is 1. The van der Waals surface area contributed by atoms with Crippen LogP contribution >= 0.6 is 22.6 Å². The van der Waals surface area contributed by atoms with Gasteiger partial charge in [0.25, 0.3) is 5.91 Å². The Kier molecular flexibility index (Phi) is 4.67. The Morgan fingerprint density at radius 1 is 1.37 bits per heavy atom. The molecule has 4 nitrogen and oxygen atoms in total.